The van der Waals surface area contributed by atoms with Crippen LogP contribution in [0.1, 0.15) is 23.1 Å². The number of hydrogen-bond acceptors (Lipinski definition) is 4. The summed E-state index contributed by atoms with van der Waals surface area (Å²) >= 11 is 5.91. The number of nitrogens with zero attached hydrogens (tertiary/aromatic N) is 2. The quantitative estimate of drug-likeness (QED) is 0.779. The molecule has 0 aliphatic heterocycles. The minimum atomic E-state index is -0.232. The molecule has 1 aromatic heterocycles. The molecular weight excluding hydrogens is 314 g/mol. The van der Waals surface area contributed by atoms with E-state index in [1.807, 2.05) is 19.1 Å². The summed E-state index contributed by atoms with van der Waals surface area (Å²) in [6.07, 6.45) is 0.703. The summed E-state index contributed by atoms with van der Waals surface area (Å²) in [5.74, 6) is 0.846. The Morgan fingerprint density at radius 1 is 1.22 bits per heavy atom. The van der Waals surface area contributed by atoms with Gasteiger partial charge < -0.3 is 9.84 Å². The SMILES string of the molecule is CCc1noc(-c2cccc(NC(=O)c3cccc(Cl)c3)c2)n1. The molecule has 0 bridgehead atoms. The average Bonchev–Trinajstić information content (AvgIpc) is 3.04. The van der Waals surface area contributed by atoms with E-state index in [-0.39, 0.29) is 5.91 Å². The molecule has 1 amide bonds. The maximum absolute atomic E-state index is 12.2. The largest absolute Gasteiger partial charge is 0.334 e. The van der Waals surface area contributed by atoms with Gasteiger partial charge in [-0.1, -0.05) is 35.8 Å². The maximum atomic E-state index is 12.2. The highest BCUT2D eigenvalue weighted by Gasteiger charge is 2.10. The maximum Gasteiger partial charge on any atom is 0.257 e. The molecule has 0 unspecified atom stereocenters. The van der Waals surface area contributed by atoms with Crippen molar-refractivity contribution in [1.29, 1.82) is 0 Å². The molecule has 0 radical (unpaired) electrons. The van der Waals surface area contributed by atoms with Crippen molar-refractivity contribution < 1.29 is 9.32 Å². The first kappa shape index (κ1) is 15.2. The Balaban J connectivity index is 1.81. The van der Waals surface area contributed by atoms with E-state index >= 15 is 0 Å². The summed E-state index contributed by atoms with van der Waals surface area (Å²) in [6.45, 7) is 1.95. The van der Waals surface area contributed by atoms with Crippen molar-refractivity contribution in [1.82, 2.24) is 10.1 Å². The van der Waals surface area contributed by atoms with Crippen LogP contribution in [0.5, 0.6) is 0 Å². The van der Waals surface area contributed by atoms with Crippen LogP contribution in [0, 0.1) is 0 Å². The highest BCUT2D eigenvalue weighted by atomic mass is 35.5. The fraction of sp³-hybridized carbons (Fsp3) is 0.118. The Labute approximate surface area is 138 Å². The molecule has 1 heterocycles. The topological polar surface area (TPSA) is 68.0 Å². The van der Waals surface area contributed by atoms with Gasteiger partial charge in [-0.05, 0) is 36.4 Å². The third-order valence-corrected chi connectivity index (χ3v) is 3.47. The van der Waals surface area contributed by atoms with Crippen LogP contribution in [0.3, 0.4) is 0 Å². The highest BCUT2D eigenvalue weighted by Crippen LogP contribution is 2.22. The van der Waals surface area contributed by atoms with E-state index in [4.69, 9.17) is 16.1 Å². The fourth-order valence-electron chi connectivity index (χ4n) is 2.08. The van der Waals surface area contributed by atoms with Crippen molar-refractivity contribution in [2.75, 3.05) is 5.32 Å². The third-order valence-electron chi connectivity index (χ3n) is 3.24. The lowest BCUT2D eigenvalue weighted by Crippen LogP contribution is -2.11. The van der Waals surface area contributed by atoms with Gasteiger partial charge in [0.1, 0.15) is 0 Å². The van der Waals surface area contributed by atoms with E-state index in [1.165, 1.54) is 0 Å². The van der Waals surface area contributed by atoms with Gasteiger partial charge in [0.25, 0.3) is 11.8 Å². The molecule has 0 saturated heterocycles. The number of carbonyl (C=O) groups excluding carboxylic acids is 1. The van der Waals surface area contributed by atoms with Crippen molar-refractivity contribution in [3.05, 3.63) is 64.9 Å². The summed E-state index contributed by atoms with van der Waals surface area (Å²) in [6, 6.07) is 14.0. The van der Waals surface area contributed by atoms with Crippen LogP contribution in [0.25, 0.3) is 11.5 Å². The number of nitrogens with one attached hydrogen (secondary N) is 1. The first-order valence-corrected chi connectivity index (χ1v) is 7.53. The number of aryl methyl sites for hydroxylation is 1. The number of benzene rings is 2. The molecule has 1 N–H and O–H groups in total. The number of hydrogen-bond donors (Lipinski definition) is 1. The van der Waals surface area contributed by atoms with Gasteiger partial charge in [-0.2, -0.15) is 4.98 Å². The second-order valence-corrected chi connectivity index (χ2v) is 5.35. The van der Waals surface area contributed by atoms with Gasteiger partial charge >= 0.3 is 0 Å². The standard InChI is InChI=1S/C17H14ClN3O2/c1-2-15-20-17(23-21-15)12-6-4-8-14(10-12)19-16(22)11-5-3-7-13(18)9-11/h3-10H,2H2,1H3,(H,19,22). The number of aromatic nitrogens is 2. The number of amides is 1. The first-order chi connectivity index (χ1) is 11.2. The summed E-state index contributed by atoms with van der Waals surface area (Å²) in [5, 5.41) is 7.22. The van der Waals surface area contributed by atoms with Crippen molar-refractivity contribution in [2.45, 2.75) is 13.3 Å². The molecule has 0 aliphatic carbocycles. The lowest BCUT2D eigenvalue weighted by molar-refractivity contribution is 0.102. The monoisotopic (exact) mass is 327 g/mol. The predicted molar refractivity (Wildman–Crippen MR) is 88.5 cm³/mol. The number of carbonyl (C=O) groups is 1. The number of anilines is 1. The molecular formula is C17H14ClN3O2. The zero-order chi connectivity index (χ0) is 16.2. The minimum absolute atomic E-state index is 0.232. The van der Waals surface area contributed by atoms with E-state index < -0.39 is 0 Å². The molecule has 23 heavy (non-hydrogen) atoms. The number of rotatable bonds is 4. The van der Waals surface area contributed by atoms with Crippen LogP contribution in [-0.4, -0.2) is 16.0 Å². The van der Waals surface area contributed by atoms with E-state index in [0.29, 0.717) is 34.4 Å². The van der Waals surface area contributed by atoms with Crippen molar-refractivity contribution >= 4 is 23.2 Å². The zero-order valence-corrected chi connectivity index (χ0v) is 13.2. The van der Waals surface area contributed by atoms with E-state index in [9.17, 15) is 4.79 Å². The van der Waals surface area contributed by atoms with Crippen molar-refractivity contribution in [3.8, 4) is 11.5 Å². The fourth-order valence-corrected chi connectivity index (χ4v) is 2.27. The van der Waals surface area contributed by atoms with E-state index in [0.717, 1.165) is 5.56 Å². The molecule has 116 valence electrons. The Kier molecular flexibility index (Phi) is 4.39. The Morgan fingerprint density at radius 3 is 2.78 bits per heavy atom. The first-order valence-electron chi connectivity index (χ1n) is 7.15. The van der Waals surface area contributed by atoms with E-state index in [1.54, 1.807) is 36.4 Å². The van der Waals surface area contributed by atoms with E-state index in [2.05, 4.69) is 15.5 Å². The smallest absolute Gasteiger partial charge is 0.257 e. The second-order valence-electron chi connectivity index (χ2n) is 4.91. The van der Waals surface area contributed by atoms with Gasteiger partial charge in [0, 0.05) is 28.3 Å². The van der Waals surface area contributed by atoms with Crippen LogP contribution in [0.4, 0.5) is 5.69 Å². The van der Waals surface area contributed by atoms with Gasteiger partial charge in [-0.3, -0.25) is 4.79 Å². The molecule has 0 aliphatic rings. The highest BCUT2D eigenvalue weighted by molar-refractivity contribution is 6.31. The molecule has 6 heteroatoms. The molecule has 0 fully saturated rings. The zero-order valence-electron chi connectivity index (χ0n) is 12.4. The molecule has 3 aromatic rings. The molecule has 0 saturated carbocycles. The predicted octanol–water partition coefficient (Wildman–Crippen LogP) is 4.20. The van der Waals surface area contributed by atoms with Gasteiger partial charge in [0.2, 0.25) is 0 Å². The van der Waals surface area contributed by atoms with Gasteiger partial charge in [0.15, 0.2) is 5.82 Å². The van der Waals surface area contributed by atoms with Crippen LogP contribution >= 0.6 is 11.6 Å². The van der Waals surface area contributed by atoms with Gasteiger partial charge in [-0.15, -0.1) is 0 Å². The van der Waals surface area contributed by atoms with Crippen LogP contribution in [0.15, 0.2) is 53.1 Å². The lowest BCUT2D eigenvalue weighted by Gasteiger charge is -2.06. The normalized spacial score (nSPS) is 10.5. The van der Waals surface area contributed by atoms with Gasteiger partial charge in [0.05, 0.1) is 0 Å². The Morgan fingerprint density at radius 2 is 2.04 bits per heavy atom. The van der Waals surface area contributed by atoms with Crippen LogP contribution in [0.2, 0.25) is 5.02 Å². The summed E-state index contributed by atoms with van der Waals surface area (Å²) in [5.41, 5.74) is 1.89. The summed E-state index contributed by atoms with van der Waals surface area (Å²) in [4.78, 5) is 16.5. The van der Waals surface area contributed by atoms with Gasteiger partial charge in [-0.25, -0.2) is 0 Å². The second kappa shape index (κ2) is 6.62. The Bertz CT molecular complexity index is 845. The molecule has 3 rings (SSSR count). The third kappa shape index (κ3) is 3.57. The van der Waals surface area contributed by atoms with Crippen molar-refractivity contribution in [2.24, 2.45) is 0 Å². The molecule has 2 aromatic carbocycles. The summed E-state index contributed by atoms with van der Waals surface area (Å²) < 4.78 is 5.21. The lowest BCUT2D eigenvalue weighted by atomic mass is 10.1. The average molecular weight is 328 g/mol. The molecule has 5 nitrogen and oxygen atoms in total. The van der Waals surface area contributed by atoms with Crippen molar-refractivity contribution in [3.63, 3.8) is 0 Å². The Hall–Kier alpha value is -2.66. The minimum Gasteiger partial charge on any atom is -0.334 e. The molecule has 0 atom stereocenters. The van der Waals surface area contributed by atoms with Crippen LogP contribution < -0.4 is 5.32 Å². The van der Waals surface area contributed by atoms with Crippen LogP contribution in [-0.2, 0) is 6.42 Å². The molecule has 0 spiro atoms. The summed E-state index contributed by atoms with van der Waals surface area (Å²) in [7, 11) is 0. The number of halogens is 1.